The van der Waals surface area contributed by atoms with Crippen molar-refractivity contribution in [1.29, 1.82) is 0 Å². The van der Waals surface area contributed by atoms with Crippen LogP contribution in [0.4, 0.5) is 0 Å². The molecule has 3 rings (SSSR count). The average molecular weight is 409 g/mol. The minimum Gasteiger partial charge on any atom is -0.379 e. The van der Waals surface area contributed by atoms with Crippen LogP contribution in [0.1, 0.15) is 4.88 Å². The molecular weight excluding hydrogens is 388 g/mol. The number of carbonyl (C=O) groups is 1. The third-order valence-corrected chi connectivity index (χ3v) is 5.59. The minimum absolute atomic E-state index is 0.0888. The summed E-state index contributed by atoms with van der Waals surface area (Å²) >= 11 is 5.17. The highest BCUT2D eigenvalue weighted by atomic mass is 79.9. The molecule has 1 amide bonds. The Labute approximate surface area is 154 Å². The molecule has 0 atom stereocenters. The quantitative estimate of drug-likeness (QED) is 0.797. The Balaban J connectivity index is 1.46. The van der Waals surface area contributed by atoms with E-state index >= 15 is 0 Å². The number of rotatable bonds is 6. The van der Waals surface area contributed by atoms with Gasteiger partial charge in [0.25, 0.3) is 0 Å². The summed E-state index contributed by atoms with van der Waals surface area (Å²) in [6, 6.07) is 12.4. The molecule has 0 aliphatic carbocycles. The largest absolute Gasteiger partial charge is 0.379 e. The SMILES string of the molecule is O=C(Cc1ccc(-c2cccc(Br)c2)s1)NCCN1CCOCC1. The molecular formula is C18H21BrN2O2S. The number of carbonyl (C=O) groups excluding carboxylic acids is 1. The summed E-state index contributed by atoms with van der Waals surface area (Å²) in [6.07, 6.45) is 0.446. The Morgan fingerprint density at radius 2 is 2.08 bits per heavy atom. The smallest absolute Gasteiger partial charge is 0.225 e. The van der Waals surface area contributed by atoms with Crippen molar-refractivity contribution in [2.75, 3.05) is 39.4 Å². The number of hydrogen-bond acceptors (Lipinski definition) is 4. The van der Waals surface area contributed by atoms with Crippen molar-refractivity contribution in [3.05, 3.63) is 45.7 Å². The zero-order chi connectivity index (χ0) is 16.8. The zero-order valence-electron chi connectivity index (χ0n) is 13.5. The van der Waals surface area contributed by atoms with E-state index in [1.54, 1.807) is 11.3 Å². The van der Waals surface area contributed by atoms with E-state index in [1.165, 1.54) is 10.4 Å². The van der Waals surface area contributed by atoms with Crippen LogP contribution in [0.2, 0.25) is 0 Å². The molecule has 24 heavy (non-hydrogen) atoms. The van der Waals surface area contributed by atoms with Crippen LogP contribution in [0.5, 0.6) is 0 Å². The van der Waals surface area contributed by atoms with Crippen molar-refractivity contribution in [1.82, 2.24) is 10.2 Å². The molecule has 2 heterocycles. The van der Waals surface area contributed by atoms with Gasteiger partial charge >= 0.3 is 0 Å². The Bertz CT molecular complexity index is 683. The predicted octanol–water partition coefficient (Wildman–Crippen LogP) is 3.17. The van der Waals surface area contributed by atoms with Crippen LogP contribution < -0.4 is 5.32 Å². The second kappa shape index (κ2) is 8.76. The van der Waals surface area contributed by atoms with Crippen LogP contribution in [0.3, 0.4) is 0 Å². The lowest BCUT2D eigenvalue weighted by Crippen LogP contribution is -2.41. The molecule has 128 valence electrons. The first-order valence-corrected chi connectivity index (χ1v) is 9.73. The molecule has 1 aliphatic rings. The second-order valence-electron chi connectivity index (χ2n) is 5.76. The van der Waals surface area contributed by atoms with Crippen molar-refractivity contribution in [3.63, 3.8) is 0 Å². The molecule has 4 nitrogen and oxygen atoms in total. The first-order chi connectivity index (χ1) is 11.7. The van der Waals surface area contributed by atoms with Gasteiger partial charge in [-0.25, -0.2) is 0 Å². The van der Waals surface area contributed by atoms with E-state index in [1.807, 2.05) is 18.2 Å². The Morgan fingerprint density at radius 3 is 2.88 bits per heavy atom. The van der Waals surface area contributed by atoms with E-state index in [4.69, 9.17) is 4.74 Å². The topological polar surface area (TPSA) is 41.6 Å². The second-order valence-corrected chi connectivity index (χ2v) is 7.84. The fourth-order valence-electron chi connectivity index (χ4n) is 2.67. The summed E-state index contributed by atoms with van der Waals surface area (Å²) in [6.45, 7) is 5.09. The molecule has 0 saturated carbocycles. The third-order valence-electron chi connectivity index (χ3n) is 3.96. The summed E-state index contributed by atoms with van der Waals surface area (Å²) in [5.41, 5.74) is 1.17. The van der Waals surface area contributed by atoms with Gasteiger partial charge in [0, 0.05) is 40.4 Å². The number of amides is 1. The maximum absolute atomic E-state index is 12.1. The molecule has 0 radical (unpaired) electrons. The number of halogens is 1. The summed E-state index contributed by atoms with van der Waals surface area (Å²) in [7, 11) is 0. The van der Waals surface area contributed by atoms with Crippen molar-refractivity contribution in [2.24, 2.45) is 0 Å². The van der Waals surface area contributed by atoms with Gasteiger partial charge in [-0.2, -0.15) is 0 Å². The fourth-order valence-corrected chi connectivity index (χ4v) is 4.07. The van der Waals surface area contributed by atoms with Crippen LogP contribution in [-0.4, -0.2) is 50.2 Å². The Hall–Kier alpha value is -1.21. The fraction of sp³-hybridized carbons (Fsp3) is 0.389. The van der Waals surface area contributed by atoms with Crippen LogP contribution in [0.15, 0.2) is 40.9 Å². The molecule has 1 N–H and O–H groups in total. The summed E-state index contributed by atoms with van der Waals surface area (Å²) in [4.78, 5) is 16.7. The molecule has 6 heteroatoms. The average Bonchev–Trinajstić information content (AvgIpc) is 3.04. The van der Waals surface area contributed by atoms with Crippen LogP contribution in [0.25, 0.3) is 10.4 Å². The highest BCUT2D eigenvalue weighted by molar-refractivity contribution is 9.10. The molecule has 0 spiro atoms. The number of thiophene rings is 1. The lowest BCUT2D eigenvalue weighted by atomic mass is 10.2. The molecule has 1 aromatic carbocycles. The van der Waals surface area contributed by atoms with E-state index in [0.29, 0.717) is 13.0 Å². The summed E-state index contributed by atoms with van der Waals surface area (Å²) in [5, 5.41) is 3.01. The Morgan fingerprint density at radius 1 is 1.25 bits per heavy atom. The van der Waals surface area contributed by atoms with Crippen molar-refractivity contribution < 1.29 is 9.53 Å². The molecule has 1 aromatic heterocycles. The highest BCUT2D eigenvalue weighted by Gasteiger charge is 2.11. The van der Waals surface area contributed by atoms with Gasteiger partial charge in [0.1, 0.15) is 0 Å². The van der Waals surface area contributed by atoms with Gasteiger partial charge in [-0.1, -0.05) is 28.1 Å². The van der Waals surface area contributed by atoms with Gasteiger partial charge in [0.05, 0.1) is 19.6 Å². The molecule has 0 unspecified atom stereocenters. The standard InChI is InChI=1S/C18H21BrN2O2S/c19-15-3-1-2-14(12-15)17-5-4-16(24-17)13-18(22)20-6-7-21-8-10-23-11-9-21/h1-5,12H,6-11,13H2,(H,20,22). The zero-order valence-corrected chi connectivity index (χ0v) is 15.9. The number of nitrogens with one attached hydrogen (secondary N) is 1. The molecule has 1 saturated heterocycles. The van der Waals surface area contributed by atoms with E-state index in [2.05, 4.69) is 44.3 Å². The monoisotopic (exact) mass is 408 g/mol. The third kappa shape index (κ3) is 5.14. The van der Waals surface area contributed by atoms with E-state index in [9.17, 15) is 4.79 Å². The highest BCUT2D eigenvalue weighted by Crippen LogP contribution is 2.30. The van der Waals surface area contributed by atoms with Gasteiger partial charge in [0.2, 0.25) is 5.91 Å². The predicted molar refractivity (Wildman–Crippen MR) is 101 cm³/mol. The maximum Gasteiger partial charge on any atom is 0.225 e. The number of benzene rings is 1. The summed E-state index contributed by atoms with van der Waals surface area (Å²) < 4.78 is 6.39. The minimum atomic E-state index is 0.0888. The maximum atomic E-state index is 12.1. The van der Waals surface area contributed by atoms with E-state index in [-0.39, 0.29) is 5.91 Å². The first kappa shape index (κ1) is 17.6. The number of ether oxygens (including phenoxy) is 1. The van der Waals surface area contributed by atoms with Crippen molar-refractivity contribution in [2.45, 2.75) is 6.42 Å². The van der Waals surface area contributed by atoms with Crippen molar-refractivity contribution in [3.8, 4) is 10.4 Å². The molecule has 1 aliphatic heterocycles. The van der Waals surface area contributed by atoms with Gasteiger partial charge < -0.3 is 10.1 Å². The normalized spacial score (nSPS) is 15.4. The van der Waals surface area contributed by atoms with Crippen LogP contribution in [0, 0.1) is 0 Å². The van der Waals surface area contributed by atoms with Gasteiger partial charge in [0.15, 0.2) is 0 Å². The van der Waals surface area contributed by atoms with Gasteiger partial charge in [-0.15, -0.1) is 11.3 Å². The van der Waals surface area contributed by atoms with E-state index in [0.717, 1.165) is 42.2 Å². The number of hydrogen-bond donors (Lipinski definition) is 1. The molecule has 0 bridgehead atoms. The van der Waals surface area contributed by atoms with Gasteiger partial charge in [-0.05, 0) is 29.8 Å². The Kier molecular flexibility index (Phi) is 6.43. The van der Waals surface area contributed by atoms with Crippen molar-refractivity contribution >= 4 is 33.2 Å². The molecule has 2 aromatic rings. The summed E-state index contributed by atoms with van der Waals surface area (Å²) in [5.74, 6) is 0.0888. The van der Waals surface area contributed by atoms with Crippen LogP contribution in [-0.2, 0) is 16.0 Å². The lowest BCUT2D eigenvalue weighted by molar-refractivity contribution is -0.120. The van der Waals surface area contributed by atoms with Gasteiger partial charge in [-0.3, -0.25) is 9.69 Å². The molecule has 1 fully saturated rings. The van der Waals surface area contributed by atoms with E-state index < -0.39 is 0 Å². The lowest BCUT2D eigenvalue weighted by Gasteiger charge is -2.26. The van der Waals surface area contributed by atoms with Crippen LogP contribution >= 0.6 is 27.3 Å². The number of morpholine rings is 1. The first-order valence-electron chi connectivity index (χ1n) is 8.12. The number of nitrogens with zero attached hydrogens (tertiary/aromatic N) is 1.